The minimum Gasteiger partial charge on any atom is -0.505 e. The number of aromatic hydroxyl groups is 1. The van der Waals surface area contributed by atoms with Gasteiger partial charge < -0.3 is 14.9 Å². The lowest BCUT2D eigenvalue weighted by Gasteiger charge is -2.37. The van der Waals surface area contributed by atoms with E-state index in [4.69, 9.17) is 4.74 Å². The van der Waals surface area contributed by atoms with Crippen molar-refractivity contribution in [1.82, 2.24) is 0 Å². The Morgan fingerprint density at radius 2 is 1.83 bits per heavy atom. The van der Waals surface area contributed by atoms with E-state index < -0.39 is 17.8 Å². The van der Waals surface area contributed by atoms with Crippen molar-refractivity contribution in [2.75, 3.05) is 0 Å². The van der Waals surface area contributed by atoms with Gasteiger partial charge >= 0.3 is 5.97 Å². The van der Waals surface area contributed by atoms with Gasteiger partial charge in [0.25, 0.3) is 0 Å². The van der Waals surface area contributed by atoms with Crippen LogP contribution < -0.4 is 4.74 Å². The smallest absolute Gasteiger partial charge is 0.335 e. The standard InChI is InChI=1S/C21H13Br3O5/c1-8-6-11-14(9-4-2-3-5-10(9)21(27)28)12-7-13(22)18(26)16(24)20(12)29-19(11)15(23)17(8)25/h2-7,11,14,26H,1H3,(H,27,28). The molecule has 2 aromatic carbocycles. The summed E-state index contributed by atoms with van der Waals surface area (Å²) in [6.45, 7) is 1.72. The number of fused-ring (bicyclic) bond motifs is 2. The molecule has 29 heavy (non-hydrogen) atoms. The molecule has 0 amide bonds. The highest BCUT2D eigenvalue weighted by Crippen LogP contribution is 2.55. The third-order valence-electron chi connectivity index (χ3n) is 5.12. The quantitative estimate of drug-likeness (QED) is 0.460. The molecule has 2 N–H and O–H groups in total. The fourth-order valence-corrected chi connectivity index (χ4v) is 5.68. The van der Waals surface area contributed by atoms with Crippen molar-refractivity contribution in [3.05, 3.63) is 77.9 Å². The monoisotopic (exact) mass is 582 g/mol. The molecule has 2 atom stereocenters. The molecule has 0 saturated heterocycles. The van der Waals surface area contributed by atoms with Crippen molar-refractivity contribution in [3.8, 4) is 11.5 Å². The summed E-state index contributed by atoms with van der Waals surface area (Å²) in [6.07, 6.45) is 1.81. The first-order chi connectivity index (χ1) is 13.7. The van der Waals surface area contributed by atoms with Crippen LogP contribution in [-0.4, -0.2) is 22.0 Å². The van der Waals surface area contributed by atoms with Gasteiger partial charge in [-0.3, -0.25) is 4.79 Å². The van der Waals surface area contributed by atoms with Gasteiger partial charge in [-0.25, -0.2) is 4.79 Å². The van der Waals surface area contributed by atoms with Gasteiger partial charge in [-0.15, -0.1) is 0 Å². The Morgan fingerprint density at radius 1 is 1.14 bits per heavy atom. The third-order valence-corrected chi connectivity index (χ3v) is 7.21. The SMILES string of the molecule is CC1=CC2C(=C(Br)C1=O)Oc1c(cc(Br)c(O)c1Br)C2c1ccccc1C(=O)O. The van der Waals surface area contributed by atoms with Crippen molar-refractivity contribution in [2.45, 2.75) is 12.8 Å². The Morgan fingerprint density at radius 3 is 2.52 bits per heavy atom. The second-order valence-electron chi connectivity index (χ2n) is 6.79. The number of carbonyl (C=O) groups excluding carboxylic acids is 1. The Labute approximate surface area is 191 Å². The van der Waals surface area contributed by atoms with Crippen LogP contribution in [0.1, 0.15) is 34.3 Å². The van der Waals surface area contributed by atoms with E-state index in [1.54, 1.807) is 37.3 Å². The maximum atomic E-state index is 12.5. The van der Waals surface area contributed by atoms with E-state index in [0.717, 1.165) is 0 Å². The summed E-state index contributed by atoms with van der Waals surface area (Å²) in [4.78, 5) is 24.4. The number of carboxylic acids is 1. The number of aromatic carboxylic acids is 1. The van der Waals surface area contributed by atoms with Crippen LogP contribution >= 0.6 is 47.8 Å². The van der Waals surface area contributed by atoms with E-state index in [-0.39, 0.29) is 17.1 Å². The fraction of sp³-hybridized carbons (Fsp3) is 0.143. The number of hydrogen-bond donors (Lipinski definition) is 2. The second kappa shape index (κ2) is 7.41. The number of hydrogen-bond acceptors (Lipinski definition) is 4. The number of ketones is 1. The Bertz CT molecular complexity index is 1150. The molecule has 1 aliphatic carbocycles. The van der Waals surface area contributed by atoms with Crippen LogP contribution in [-0.2, 0) is 4.79 Å². The first-order valence-electron chi connectivity index (χ1n) is 8.56. The average molecular weight is 585 g/mol. The summed E-state index contributed by atoms with van der Waals surface area (Å²) < 4.78 is 7.14. The Balaban J connectivity index is 2.08. The maximum absolute atomic E-state index is 12.5. The number of Topliss-reactive ketones (excluding diaryl/α,β-unsaturated/α-hetero) is 1. The largest absolute Gasteiger partial charge is 0.505 e. The number of halogens is 3. The first-order valence-corrected chi connectivity index (χ1v) is 10.9. The highest BCUT2D eigenvalue weighted by molar-refractivity contribution is 9.12. The van der Waals surface area contributed by atoms with Gasteiger partial charge in [-0.1, -0.05) is 24.3 Å². The average Bonchev–Trinajstić information content (AvgIpc) is 2.69. The molecule has 2 aromatic rings. The lowest BCUT2D eigenvalue weighted by atomic mass is 9.73. The van der Waals surface area contributed by atoms with Gasteiger partial charge in [0.1, 0.15) is 26.2 Å². The van der Waals surface area contributed by atoms with Crippen LogP contribution in [0.4, 0.5) is 0 Å². The zero-order valence-corrected chi connectivity index (χ0v) is 19.6. The molecule has 0 saturated carbocycles. The second-order valence-corrected chi connectivity index (χ2v) is 9.23. The molecule has 5 nitrogen and oxygen atoms in total. The molecule has 1 aliphatic heterocycles. The van der Waals surface area contributed by atoms with E-state index in [1.807, 2.05) is 6.08 Å². The molecule has 2 unspecified atom stereocenters. The van der Waals surface area contributed by atoms with Crippen LogP contribution in [0.5, 0.6) is 11.5 Å². The number of ether oxygens (including phenoxy) is 1. The molecule has 0 aromatic heterocycles. The minimum atomic E-state index is -1.04. The number of rotatable bonds is 2. The summed E-state index contributed by atoms with van der Waals surface area (Å²) >= 11 is 10.1. The Hall–Kier alpha value is -1.90. The van der Waals surface area contributed by atoms with Gasteiger partial charge in [-0.05, 0) is 78.0 Å². The van der Waals surface area contributed by atoms with E-state index in [1.165, 1.54) is 0 Å². The van der Waals surface area contributed by atoms with Crippen molar-refractivity contribution in [2.24, 2.45) is 5.92 Å². The van der Waals surface area contributed by atoms with Crippen LogP contribution in [0.25, 0.3) is 0 Å². The molecule has 2 aliphatic rings. The molecule has 8 heteroatoms. The van der Waals surface area contributed by atoms with Gasteiger partial charge in [0.15, 0.2) is 5.78 Å². The van der Waals surface area contributed by atoms with E-state index in [0.29, 0.717) is 41.6 Å². The summed E-state index contributed by atoms with van der Waals surface area (Å²) in [5.74, 6) is -1.37. The number of carboxylic acid groups (broad SMARTS) is 1. The van der Waals surface area contributed by atoms with Gasteiger partial charge in [0.2, 0.25) is 0 Å². The summed E-state index contributed by atoms with van der Waals surface area (Å²) in [5, 5.41) is 20.1. The van der Waals surface area contributed by atoms with Crippen molar-refractivity contribution < 1.29 is 24.5 Å². The van der Waals surface area contributed by atoms with Crippen LogP contribution in [0.2, 0.25) is 0 Å². The summed E-state index contributed by atoms with van der Waals surface area (Å²) in [5.41, 5.74) is 2.01. The van der Waals surface area contributed by atoms with Crippen LogP contribution in [0.3, 0.4) is 0 Å². The highest BCUT2D eigenvalue weighted by atomic mass is 79.9. The lowest BCUT2D eigenvalue weighted by Crippen LogP contribution is -2.30. The fourth-order valence-electron chi connectivity index (χ4n) is 3.78. The van der Waals surface area contributed by atoms with Crippen molar-refractivity contribution in [3.63, 3.8) is 0 Å². The Kier molecular flexibility index (Phi) is 5.21. The number of allylic oxidation sites excluding steroid dienone is 3. The number of benzene rings is 2. The minimum absolute atomic E-state index is 0.0435. The van der Waals surface area contributed by atoms with Gasteiger partial charge in [0, 0.05) is 17.4 Å². The topological polar surface area (TPSA) is 83.8 Å². The first kappa shape index (κ1) is 20.4. The predicted molar refractivity (Wildman–Crippen MR) is 118 cm³/mol. The molecule has 0 radical (unpaired) electrons. The third kappa shape index (κ3) is 3.17. The molecule has 0 spiro atoms. The van der Waals surface area contributed by atoms with E-state index in [9.17, 15) is 19.8 Å². The summed E-state index contributed by atoms with van der Waals surface area (Å²) in [7, 11) is 0. The van der Waals surface area contributed by atoms with E-state index >= 15 is 0 Å². The summed E-state index contributed by atoms with van der Waals surface area (Å²) in [6, 6.07) is 8.50. The van der Waals surface area contributed by atoms with Crippen LogP contribution in [0.15, 0.2) is 61.2 Å². The molecular formula is C21H13Br3O5. The molecule has 0 bridgehead atoms. The molecule has 4 rings (SSSR count). The molecule has 1 heterocycles. The number of carbonyl (C=O) groups is 2. The lowest BCUT2D eigenvalue weighted by molar-refractivity contribution is -0.111. The normalized spacial score (nSPS) is 20.6. The van der Waals surface area contributed by atoms with Crippen LogP contribution in [0, 0.1) is 5.92 Å². The number of phenolic OH excluding ortho intramolecular Hbond substituents is 1. The van der Waals surface area contributed by atoms with Crippen molar-refractivity contribution in [1.29, 1.82) is 0 Å². The zero-order valence-electron chi connectivity index (χ0n) is 14.9. The van der Waals surface area contributed by atoms with E-state index in [2.05, 4.69) is 47.8 Å². The van der Waals surface area contributed by atoms with Gasteiger partial charge in [-0.2, -0.15) is 0 Å². The molecule has 0 fully saturated rings. The van der Waals surface area contributed by atoms with Gasteiger partial charge in [0.05, 0.1) is 10.0 Å². The highest BCUT2D eigenvalue weighted by Gasteiger charge is 2.42. The molecular weight excluding hydrogens is 572 g/mol. The number of phenols is 1. The van der Waals surface area contributed by atoms with Crippen molar-refractivity contribution >= 4 is 59.5 Å². The molecule has 148 valence electrons. The predicted octanol–water partition coefficient (Wildman–Crippen LogP) is 5.89. The zero-order chi connectivity index (χ0) is 21.0. The maximum Gasteiger partial charge on any atom is 0.335 e.